The van der Waals surface area contributed by atoms with Crippen LogP contribution in [-0.4, -0.2) is 137 Å². The average molecular weight is 613 g/mol. The third kappa shape index (κ3) is 15.2. The second-order valence-corrected chi connectivity index (χ2v) is 9.55. The normalized spacial score (nSPS) is 16.3. The van der Waals surface area contributed by atoms with Crippen molar-refractivity contribution in [1.82, 2.24) is 0 Å². The number of hydrogen-bond acceptors (Lipinski definition) is 13. The molecule has 4 atom stereocenters. The van der Waals surface area contributed by atoms with Gasteiger partial charge in [0.05, 0.1) is 51.8 Å². The molecule has 1 aliphatic heterocycles. The molecule has 1 heterocycles. The Balaban J connectivity index is 1.75. The monoisotopic (exact) mass is 612 g/mol. The van der Waals surface area contributed by atoms with Crippen molar-refractivity contribution in [2.75, 3.05) is 79.2 Å². The van der Waals surface area contributed by atoms with Crippen LogP contribution in [0.4, 0.5) is 5.69 Å². The molecule has 14 heteroatoms. The third-order valence-electron chi connectivity index (χ3n) is 5.95. The summed E-state index contributed by atoms with van der Waals surface area (Å²) in [5.74, 6) is -1.97. The van der Waals surface area contributed by atoms with E-state index in [0.29, 0.717) is 18.8 Å². The average Bonchev–Trinajstić information content (AvgIpc) is 3.03. The van der Waals surface area contributed by atoms with Gasteiger partial charge in [-0.2, -0.15) is 0 Å². The summed E-state index contributed by atoms with van der Waals surface area (Å²) in [7, 11) is 0. The van der Waals surface area contributed by atoms with Crippen LogP contribution in [0.5, 0.6) is 0 Å². The zero-order chi connectivity index (χ0) is 31.5. The molecule has 1 aromatic carbocycles. The van der Waals surface area contributed by atoms with Crippen LogP contribution in [0.2, 0.25) is 0 Å². The van der Waals surface area contributed by atoms with E-state index in [0.717, 1.165) is 30.9 Å². The summed E-state index contributed by atoms with van der Waals surface area (Å²) in [5, 5.41) is 30.1. The van der Waals surface area contributed by atoms with Gasteiger partial charge in [-0.1, -0.05) is 13.2 Å². The predicted molar refractivity (Wildman–Crippen MR) is 150 cm³/mol. The topological polar surface area (TPSA) is 181 Å². The lowest BCUT2D eigenvalue weighted by atomic mass is 10.2. The summed E-state index contributed by atoms with van der Waals surface area (Å²) in [5.41, 5.74) is 1.42. The fourth-order valence-electron chi connectivity index (χ4n) is 3.69. The number of esters is 3. The van der Waals surface area contributed by atoms with Crippen molar-refractivity contribution in [1.29, 1.82) is 0 Å². The van der Waals surface area contributed by atoms with Crippen molar-refractivity contribution in [3.63, 3.8) is 0 Å². The lowest BCUT2D eigenvalue weighted by Gasteiger charge is -2.23. The molecule has 0 bridgehead atoms. The number of benzene rings is 1. The highest BCUT2D eigenvalue weighted by atomic mass is 16.6. The number of quaternary nitrogens is 1. The number of rotatable bonds is 21. The number of ether oxygens (including phenoxy) is 7. The van der Waals surface area contributed by atoms with E-state index in [1.807, 2.05) is 12.1 Å². The van der Waals surface area contributed by atoms with E-state index in [9.17, 15) is 29.7 Å². The molecule has 2 rings (SSSR count). The largest absolute Gasteiger partial charge is 0.460 e. The van der Waals surface area contributed by atoms with Crippen LogP contribution in [0.1, 0.15) is 10.4 Å². The molecule has 0 aliphatic carbocycles. The summed E-state index contributed by atoms with van der Waals surface area (Å²) in [6, 6.07) is 7.09. The van der Waals surface area contributed by atoms with Crippen LogP contribution in [-0.2, 0) is 42.7 Å². The fourth-order valence-corrected chi connectivity index (χ4v) is 3.69. The first kappa shape index (κ1) is 36.0. The van der Waals surface area contributed by atoms with Gasteiger partial charge in [-0.05, 0) is 24.3 Å². The van der Waals surface area contributed by atoms with Crippen molar-refractivity contribution in [2.24, 2.45) is 0 Å². The minimum absolute atomic E-state index is 0.0983. The van der Waals surface area contributed by atoms with Crippen LogP contribution in [0.15, 0.2) is 49.6 Å². The highest BCUT2D eigenvalue weighted by Gasteiger charge is 2.19. The lowest BCUT2D eigenvalue weighted by Crippen LogP contribution is -3.09. The zero-order valence-corrected chi connectivity index (χ0v) is 24.1. The molecule has 0 aromatic heterocycles. The van der Waals surface area contributed by atoms with E-state index in [1.165, 1.54) is 4.90 Å². The summed E-state index contributed by atoms with van der Waals surface area (Å²) < 4.78 is 36.6. The molecule has 0 spiro atoms. The Labute approximate surface area is 250 Å². The Morgan fingerprint density at radius 2 is 1.23 bits per heavy atom. The van der Waals surface area contributed by atoms with E-state index in [4.69, 9.17) is 33.2 Å². The number of hydrogen-bond donors (Lipinski definition) is 4. The molecule has 1 aliphatic rings. The van der Waals surface area contributed by atoms with Gasteiger partial charge < -0.3 is 48.5 Å². The van der Waals surface area contributed by atoms with Crippen molar-refractivity contribution < 1.29 is 67.8 Å². The Bertz CT molecular complexity index is 997. The maximum absolute atomic E-state index is 12.4. The smallest absolute Gasteiger partial charge is 0.338 e. The molecule has 240 valence electrons. The molecule has 0 saturated carbocycles. The van der Waals surface area contributed by atoms with Gasteiger partial charge >= 0.3 is 17.9 Å². The summed E-state index contributed by atoms with van der Waals surface area (Å²) in [6.07, 6.45) is -2.23. The van der Waals surface area contributed by atoms with Gasteiger partial charge in [0.15, 0.2) is 0 Å². The highest BCUT2D eigenvalue weighted by molar-refractivity contribution is 5.89. The van der Waals surface area contributed by atoms with E-state index in [1.54, 1.807) is 12.1 Å². The first-order valence-corrected chi connectivity index (χ1v) is 13.8. The standard InChI is InChI=1S/C29H41NO13/c1-3-27(34)41-16-23(31)13-38-19-26(40-15-25(33)17-42-28(35)4-2)20-39-14-24(32)18-43-29(36)21-5-7-22(8-6-21)30-9-11-37-12-10-30/h3-8,23-26,31-33H,1-2,9-20H2/p+1. The molecular weight excluding hydrogens is 570 g/mol. The Morgan fingerprint density at radius 3 is 1.74 bits per heavy atom. The van der Waals surface area contributed by atoms with Gasteiger partial charge in [0.2, 0.25) is 0 Å². The van der Waals surface area contributed by atoms with Crippen LogP contribution in [0, 0.1) is 0 Å². The minimum Gasteiger partial charge on any atom is -0.460 e. The minimum atomic E-state index is -1.15. The number of nitrogens with one attached hydrogen (secondary N) is 1. The lowest BCUT2D eigenvalue weighted by molar-refractivity contribution is -0.842. The van der Waals surface area contributed by atoms with E-state index in [2.05, 4.69) is 13.2 Å². The molecule has 4 unspecified atom stereocenters. The fraction of sp³-hybridized carbons (Fsp3) is 0.552. The molecule has 4 N–H and O–H groups in total. The van der Waals surface area contributed by atoms with Gasteiger partial charge in [-0.15, -0.1) is 0 Å². The summed E-state index contributed by atoms with van der Waals surface area (Å²) >= 11 is 0. The Morgan fingerprint density at radius 1 is 0.744 bits per heavy atom. The molecule has 0 radical (unpaired) electrons. The van der Waals surface area contributed by atoms with Crippen molar-refractivity contribution >= 4 is 23.6 Å². The van der Waals surface area contributed by atoms with Gasteiger partial charge in [-0.3, -0.25) is 4.90 Å². The van der Waals surface area contributed by atoms with Crippen LogP contribution in [0.25, 0.3) is 0 Å². The van der Waals surface area contributed by atoms with Gasteiger partial charge in [0.25, 0.3) is 0 Å². The van der Waals surface area contributed by atoms with Crippen LogP contribution >= 0.6 is 0 Å². The molecule has 43 heavy (non-hydrogen) atoms. The second kappa shape index (κ2) is 20.7. The highest BCUT2D eigenvalue weighted by Crippen LogP contribution is 2.08. The predicted octanol–water partition coefficient (Wildman–Crippen LogP) is -1.65. The third-order valence-corrected chi connectivity index (χ3v) is 5.95. The van der Waals surface area contributed by atoms with E-state index >= 15 is 0 Å². The number of carbonyl (C=O) groups excluding carboxylic acids is 3. The van der Waals surface area contributed by atoms with Gasteiger partial charge in [0.1, 0.15) is 63.0 Å². The maximum Gasteiger partial charge on any atom is 0.338 e. The van der Waals surface area contributed by atoms with E-state index in [-0.39, 0.29) is 52.9 Å². The molecule has 1 aromatic rings. The first-order chi connectivity index (χ1) is 20.7. The maximum atomic E-state index is 12.4. The van der Waals surface area contributed by atoms with Crippen LogP contribution in [0.3, 0.4) is 0 Å². The SMILES string of the molecule is C=CC(=O)OCC(O)COCC(COCC(O)COC(=O)c1ccc([NH+]2CCOCC2)cc1)OCC(O)COC(=O)C=C. The van der Waals surface area contributed by atoms with Crippen molar-refractivity contribution in [2.45, 2.75) is 24.4 Å². The first-order valence-electron chi connectivity index (χ1n) is 13.8. The second-order valence-electron chi connectivity index (χ2n) is 9.55. The quantitative estimate of drug-likeness (QED) is 0.0705. The molecular formula is C29H42NO13+. The Hall–Kier alpha value is -3.21. The number of morpholine rings is 1. The molecule has 1 fully saturated rings. The Kier molecular flexibility index (Phi) is 17.3. The zero-order valence-electron chi connectivity index (χ0n) is 24.1. The number of carbonyl (C=O) groups is 3. The van der Waals surface area contributed by atoms with Gasteiger partial charge in [-0.25, -0.2) is 14.4 Å². The molecule has 1 saturated heterocycles. The summed E-state index contributed by atoms with van der Waals surface area (Å²) in [6.45, 7) is 7.84. The van der Waals surface area contributed by atoms with Gasteiger partial charge in [0, 0.05) is 12.2 Å². The van der Waals surface area contributed by atoms with Crippen molar-refractivity contribution in [3.8, 4) is 0 Å². The molecule has 0 amide bonds. The van der Waals surface area contributed by atoms with E-state index < -0.39 is 42.3 Å². The van der Waals surface area contributed by atoms with Crippen molar-refractivity contribution in [3.05, 3.63) is 55.1 Å². The number of aliphatic hydroxyl groups excluding tert-OH is 3. The van der Waals surface area contributed by atoms with Crippen LogP contribution < -0.4 is 4.90 Å². The number of aliphatic hydroxyl groups is 3. The molecule has 14 nitrogen and oxygen atoms in total. The summed E-state index contributed by atoms with van der Waals surface area (Å²) in [4.78, 5) is 36.0.